The number of esters is 1. The van der Waals surface area contributed by atoms with Crippen LogP contribution in [0.3, 0.4) is 0 Å². The summed E-state index contributed by atoms with van der Waals surface area (Å²) in [4.78, 5) is 20.7. The zero-order valence-corrected chi connectivity index (χ0v) is 7.88. The van der Waals surface area contributed by atoms with Crippen LogP contribution < -0.4 is 0 Å². The predicted molar refractivity (Wildman–Crippen MR) is 46.2 cm³/mol. The van der Waals surface area contributed by atoms with Crippen molar-refractivity contribution in [1.29, 1.82) is 0 Å². The van der Waals surface area contributed by atoms with Gasteiger partial charge in [-0.2, -0.15) is 0 Å². The first-order valence-electron chi connectivity index (χ1n) is 4.51. The van der Waals surface area contributed by atoms with E-state index in [-0.39, 0.29) is 0 Å². The van der Waals surface area contributed by atoms with Gasteiger partial charge in [-0.1, -0.05) is 0 Å². The molecule has 14 heavy (non-hydrogen) atoms. The van der Waals surface area contributed by atoms with Crippen LogP contribution >= 0.6 is 0 Å². The molecule has 1 rings (SSSR count). The van der Waals surface area contributed by atoms with Crippen molar-refractivity contribution in [3.63, 3.8) is 0 Å². The Morgan fingerprint density at radius 2 is 2.21 bits per heavy atom. The van der Waals surface area contributed by atoms with E-state index in [2.05, 4.69) is 0 Å². The quantitative estimate of drug-likeness (QED) is 0.390. The summed E-state index contributed by atoms with van der Waals surface area (Å²) in [6, 6.07) is -1.17. The van der Waals surface area contributed by atoms with Crippen LogP contribution in [0.15, 0.2) is 0 Å². The molecule has 0 aromatic heterocycles. The van der Waals surface area contributed by atoms with E-state index in [0.29, 0.717) is 19.3 Å². The molecule has 0 aromatic rings. The third kappa shape index (κ3) is 2.41. The lowest BCUT2D eigenvalue weighted by molar-refractivity contribution is -0.548. The Morgan fingerprint density at radius 1 is 1.57 bits per heavy atom. The second-order valence-electron chi connectivity index (χ2n) is 3.42. The number of aliphatic hydroxyl groups is 1. The Labute approximate surface area is 81.0 Å². The summed E-state index contributed by atoms with van der Waals surface area (Å²) in [5.74, 6) is -0.545. The van der Waals surface area contributed by atoms with Crippen LogP contribution in [0, 0.1) is 10.1 Å². The van der Waals surface area contributed by atoms with Crippen molar-refractivity contribution >= 4 is 5.97 Å². The van der Waals surface area contributed by atoms with E-state index in [0.717, 1.165) is 0 Å². The zero-order chi connectivity index (χ0) is 10.7. The van der Waals surface area contributed by atoms with Gasteiger partial charge >= 0.3 is 5.97 Å². The summed E-state index contributed by atoms with van der Waals surface area (Å²) in [7, 11) is 0. The van der Waals surface area contributed by atoms with Gasteiger partial charge in [-0.05, 0) is 19.3 Å². The third-order valence-electron chi connectivity index (χ3n) is 2.32. The van der Waals surface area contributed by atoms with E-state index in [1.54, 1.807) is 0 Å². The van der Waals surface area contributed by atoms with Gasteiger partial charge in [0.1, 0.15) is 6.10 Å². The summed E-state index contributed by atoms with van der Waals surface area (Å²) in [6.07, 6.45) is -0.316. The van der Waals surface area contributed by atoms with Crippen LogP contribution in [0.5, 0.6) is 0 Å². The fourth-order valence-corrected chi connectivity index (χ4v) is 1.74. The minimum absolute atomic E-state index is 0.392. The van der Waals surface area contributed by atoms with Crippen molar-refractivity contribution in [2.45, 2.75) is 44.4 Å². The van der Waals surface area contributed by atoms with Gasteiger partial charge in [0.15, 0.2) is 6.10 Å². The second kappa shape index (κ2) is 4.36. The van der Waals surface area contributed by atoms with Crippen molar-refractivity contribution in [1.82, 2.24) is 0 Å². The molecule has 0 amide bonds. The number of carbonyl (C=O) groups excluding carboxylic acids is 1. The number of nitro groups is 1. The molecule has 1 aliphatic rings. The van der Waals surface area contributed by atoms with E-state index >= 15 is 0 Å². The van der Waals surface area contributed by atoms with Gasteiger partial charge < -0.3 is 9.84 Å². The third-order valence-corrected chi connectivity index (χ3v) is 2.32. The lowest BCUT2D eigenvalue weighted by Gasteiger charge is -2.28. The van der Waals surface area contributed by atoms with Gasteiger partial charge in [-0.3, -0.25) is 14.9 Å². The van der Waals surface area contributed by atoms with Crippen LogP contribution in [0.4, 0.5) is 0 Å². The molecule has 0 heterocycles. The van der Waals surface area contributed by atoms with Crippen molar-refractivity contribution in [2.24, 2.45) is 0 Å². The maximum atomic E-state index is 10.7. The molecule has 0 bridgehead atoms. The second-order valence-corrected chi connectivity index (χ2v) is 3.42. The van der Waals surface area contributed by atoms with Crippen molar-refractivity contribution in [3.8, 4) is 0 Å². The first kappa shape index (κ1) is 10.9. The Hall–Kier alpha value is -1.17. The summed E-state index contributed by atoms with van der Waals surface area (Å²) >= 11 is 0. The maximum Gasteiger partial charge on any atom is 0.303 e. The smallest absolute Gasteiger partial charge is 0.303 e. The first-order valence-corrected chi connectivity index (χ1v) is 4.51. The molecule has 0 aromatic carbocycles. The Morgan fingerprint density at radius 3 is 2.71 bits per heavy atom. The van der Waals surface area contributed by atoms with E-state index in [1.807, 2.05) is 0 Å². The molecule has 3 atom stereocenters. The Balaban J connectivity index is 2.69. The highest BCUT2D eigenvalue weighted by molar-refractivity contribution is 5.66. The molecule has 1 N–H and O–H groups in total. The van der Waals surface area contributed by atoms with Gasteiger partial charge in [0.2, 0.25) is 0 Å². The lowest BCUT2D eigenvalue weighted by atomic mass is 9.90. The molecule has 6 heteroatoms. The van der Waals surface area contributed by atoms with Crippen molar-refractivity contribution in [3.05, 3.63) is 10.1 Å². The average molecular weight is 203 g/mol. The molecule has 0 saturated heterocycles. The van der Waals surface area contributed by atoms with E-state index in [1.165, 1.54) is 6.92 Å². The van der Waals surface area contributed by atoms with Crippen LogP contribution in [-0.4, -0.2) is 34.2 Å². The number of ether oxygens (including phenoxy) is 1. The van der Waals surface area contributed by atoms with Gasteiger partial charge in [0.05, 0.1) is 0 Å². The Bertz CT molecular complexity index is 242. The highest BCUT2D eigenvalue weighted by Gasteiger charge is 2.43. The minimum Gasteiger partial charge on any atom is -0.455 e. The summed E-state index contributed by atoms with van der Waals surface area (Å²) in [5, 5.41) is 20.0. The molecule has 0 spiro atoms. The summed E-state index contributed by atoms with van der Waals surface area (Å²) in [5.41, 5.74) is 0. The molecule has 1 aliphatic carbocycles. The fourth-order valence-electron chi connectivity index (χ4n) is 1.74. The van der Waals surface area contributed by atoms with Gasteiger partial charge in [-0.15, -0.1) is 0 Å². The van der Waals surface area contributed by atoms with Gasteiger partial charge in [0, 0.05) is 11.8 Å². The molecular formula is C8H13NO5. The summed E-state index contributed by atoms with van der Waals surface area (Å²) < 4.78 is 4.79. The zero-order valence-electron chi connectivity index (χ0n) is 7.88. The number of carbonyl (C=O) groups is 1. The van der Waals surface area contributed by atoms with Crippen LogP contribution in [0.25, 0.3) is 0 Å². The predicted octanol–water partition coefficient (Wildman–Crippen LogP) is 0.108. The number of hydrogen-bond donors (Lipinski definition) is 1. The van der Waals surface area contributed by atoms with Crippen LogP contribution in [-0.2, 0) is 9.53 Å². The normalized spacial score (nSPS) is 32.3. The van der Waals surface area contributed by atoms with Crippen LogP contribution in [0.1, 0.15) is 26.2 Å². The SMILES string of the molecule is CC(=O)O[C@H]1CCC[C@@H](O)[C@@H]1[N+](=O)[O-]. The van der Waals surface area contributed by atoms with E-state index in [4.69, 9.17) is 4.74 Å². The van der Waals surface area contributed by atoms with Gasteiger partial charge in [-0.25, -0.2) is 0 Å². The van der Waals surface area contributed by atoms with Crippen molar-refractivity contribution < 1.29 is 19.6 Å². The number of nitrogens with zero attached hydrogens (tertiary/aromatic N) is 1. The highest BCUT2D eigenvalue weighted by atomic mass is 16.6. The lowest BCUT2D eigenvalue weighted by Crippen LogP contribution is -2.48. The monoisotopic (exact) mass is 203 g/mol. The maximum absolute atomic E-state index is 10.7. The summed E-state index contributed by atoms with van der Waals surface area (Å²) in [6.45, 7) is 1.21. The Kier molecular flexibility index (Phi) is 3.40. The molecule has 1 fully saturated rings. The number of aliphatic hydroxyl groups excluding tert-OH is 1. The molecule has 0 radical (unpaired) electrons. The standard InChI is InChI=1S/C8H13NO5/c1-5(10)14-7-4-2-3-6(11)8(7)9(12)13/h6-8,11H,2-4H2,1H3/t6-,7+,8+/m1/s1. The minimum atomic E-state index is -1.17. The molecule has 6 nitrogen and oxygen atoms in total. The molecule has 1 saturated carbocycles. The number of hydrogen-bond acceptors (Lipinski definition) is 5. The van der Waals surface area contributed by atoms with E-state index < -0.39 is 29.1 Å². The molecule has 0 unspecified atom stereocenters. The molecular weight excluding hydrogens is 190 g/mol. The molecule has 0 aliphatic heterocycles. The fraction of sp³-hybridized carbons (Fsp3) is 0.875. The van der Waals surface area contributed by atoms with Gasteiger partial charge in [0.25, 0.3) is 6.04 Å². The van der Waals surface area contributed by atoms with E-state index in [9.17, 15) is 20.0 Å². The highest BCUT2D eigenvalue weighted by Crippen LogP contribution is 2.23. The molecule has 80 valence electrons. The first-order chi connectivity index (χ1) is 6.52. The average Bonchev–Trinajstić information content (AvgIpc) is 2.01. The van der Waals surface area contributed by atoms with Crippen LogP contribution in [0.2, 0.25) is 0 Å². The number of rotatable bonds is 2. The topological polar surface area (TPSA) is 89.7 Å². The largest absolute Gasteiger partial charge is 0.455 e. The van der Waals surface area contributed by atoms with Crippen molar-refractivity contribution in [2.75, 3.05) is 0 Å².